The molecule has 0 unspecified atom stereocenters. The first-order chi connectivity index (χ1) is 7.22. The fourth-order valence-corrected chi connectivity index (χ4v) is 1.44. The fraction of sp³-hybridized carbons (Fsp3) is 0.0909. The normalized spacial score (nSPS) is 10.2. The molecule has 15 heavy (non-hydrogen) atoms. The summed E-state index contributed by atoms with van der Waals surface area (Å²) >= 11 is 0. The van der Waals surface area contributed by atoms with E-state index in [4.69, 9.17) is 0 Å². The molecule has 4 nitrogen and oxygen atoms in total. The van der Waals surface area contributed by atoms with E-state index in [2.05, 4.69) is 9.72 Å². The van der Waals surface area contributed by atoms with Crippen molar-refractivity contribution in [3.63, 3.8) is 0 Å². The van der Waals surface area contributed by atoms with Gasteiger partial charge in [-0.1, -0.05) is 0 Å². The molecule has 0 saturated carbocycles. The van der Waals surface area contributed by atoms with E-state index in [0.29, 0.717) is 10.9 Å². The largest absolute Gasteiger partial charge is 0.465 e. The first kappa shape index (κ1) is 9.45. The Bertz CT molecular complexity index is 571. The molecule has 0 radical (unpaired) electrons. The summed E-state index contributed by atoms with van der Waals surface area (Å²) < 4.78 is 4.59. The molecule has 1 aromatic carbocycles. The number of H-pyrrole nitrogens is 1. The minimum atomic E-state index is -0.405. The van der Waals surface area contributed by atoms with E-state index in [1.807, 2.05) is 0 Å². The van der Waals surface area contributed by atoms with Crippen molar-refractivity contribution in [1.82, 2.24) is 4.98 Å². The maximum Gasteiger partial charge on any atom is 0.337 e. The van der Waals surface area contributed by atoms with Crippen molar-refractivity contribution in [2.75, 3.05) is 7.11 Å². The number of ether oxygens (including phenoxy) is 1. The van der Waals surface area contributed by atoms with Gasteiger partial charge in [0, 0.05) is 11.6 Å². The van der Waals surface area contributed by atoms with Crippen molar-refractivity contribution in [1.29, 1.82) is 0 Å². The van der Waals surface area contributed by atoms with Crippen molar-refractivity contribution in [3.05, 3.63) is 46.4 Å². The average Bonchev–Trinajstić information content (AvgIpc) is 2.28. The Morgan fingerprint density at radius 3 is 2.87 bits per heavy atom. The highest BCUT2D eigenvalue weighted by Crippen LogP contribution is 2.12. The molecule has 1 aromatic heterocycles. The van der Waals surface area contributed by atoms with E-state index in [9.17, 15) is 9.59 Å². The Kier molecular flexibility index (Phi) is 2.25. The van der Waals surface area contributed by atoms with E-state index in [1.165, 1.54) is 7.11 Å². The lowest BCUT2D eigenvalue weighted by Crippen LogP contribution is -2.06. The molecule has 0 fully saturated rings. The van der Waals surface area contributed by atoms with Crippen LogP contribution >= 0.6 is 0 Å². The predicted octanol–water partition coefficient (Wildman–Crippen LogP) is 1.31. The second-order valence-corrected chi connectivity index (χ2v) is 3.10. The van der Waals surface area contributed by atoms with Gasteiger partial charge in [0.1, 0.15) is 0 Å². The number of esters is 1. The average molecular weight is 203 g/mol. The lowest BCUT2D eigenvalue weighted by atomic mass is 10.1. The summed E-state index contributed by atoms with van der Waals surface area (Å²) in [7, 11) is 1.32. The van der Waals surface area contributed by atoms with E-state index in [1.54, 1.807) is 30.5 Å². The summed E-state index contributed by atoms with van der Waals surface area (Å²) in [6.45, 7) is 0. The summed E-state index contributed by atoms with van der Waals surface area (Å²) in [5.41, 5.74) is 0.277. The molecule has 0 atom stereocenters. The summed E-state index contributed by atoms with van der Waals surface area (Å²) in [5, 5.41) is 1.28. The highest BCUT2D eigenvalue weighted by atomic mass is 16.5. The number of aromatic nitrogens is 1. The van der Waals surface area contributed by atoms with Gasteiger partial charge in [-0.2, -0.15) is 0 Å². The van der Waals surface area contributed by atoms with Crippen molar-refractivity contribution in [2.24, 2.45) is 0 Å². The molecule has 4 heteroatoms. The third kappa shape index (κ3) is 1.61. The Balaban J connectivity index is 2.67. The van der Waals surface area contributed by atoms with Gasteiger partial charge in [-0.05, 0) is 29.7 Å². The van der Waals surface area contributed by atoms with Crippen molar-refractivity contribution < 1.29 is 9.53 Å². The lowest BCUT2D eigenvalue weighted by molar-refractivity contribution is 0.0601. The van der Waals surface area contributed by atoms with Crippen LogP contribution in [-0.4, -0.2) is 18.1 Å². The third-order valence-electron chi connectivity index (χ3n) is 2.19. The monoisotopic (exact) mass is 203 g/mol. The Morgan fingerprint density at radius 2 is 2.13 bits per heavy atom. The maximum atomic E-state index is 11.4. The number of carbonyl (C=O) groups is 1. The van der Waals surface area contributed by atoms with Gasteiger partial charge in [0.05, 0.1) is 12.7 Å². The van der Waals surface area contributed by atoms with Gasteiger partial charge in [0.25, 0.3) is 5.56 Å². The van der Waals surface area contributed by atoms with Crippen molar-refractivity contribution in [2.45, 2.75) is 0 Å². The molecule has 0 aliphatic carbocycles. The number of rotatable bonds is 1. The molecule has 0 saturated heterocycles. The van der Waals surface area contributed by atoms with Crippen LogP contribution in [0.4, 0.5) is 0 Å². The number of aromatic amines is 1. The molecule has 1 heterocycles. The highest BCUT2D eigenvalue weighted by Gasteiger charge is 2.06. The van der Waals surface area contributed by atoms with Crippen LogP contribution in [0, 0.1) is 0 Å². The first-order valence-corrected chi connectivity index (χ1v) is 4.42. The Labute approximate surface area is 85.5 Å². The van der Waals surface area contributed by atoms with Gasteiger partial charge < -0.3 is 9.72 Å². The molecule has 0 aliphatic heterocycles. The fourth-order valence-electron chi connectivity index (χ4n) is 1.44. The van der Waals surface area contributed by atoms with Crippen LogP contribution < -0.4 is 5.56 Å². The van der Waals surface area contributed by atoms with Crippen LogP contribution in [-0.2, 0) is 4.74 Å². The number of nitrogens with one attached hydrogen (secondary N) is 1. The van der Waals surface area contributed by atoms with Crippen LogP contribution in [0.5, 0.6) is 0 Å². The van der Waals surface area contributed by atoms with Crippen LogP contribution in [0.3, 0.4) is 0 Å². The highest BCUT2D eigenvalue weighted by molar-refractivity contribution is 5.94. The topological polar surface area (TPSA) is 59.2 Å². The second-order valence-electron chi connectivity index (χ2n) is 3.10. The molecular formula is C11H9NO3. The first-order valence-electron chi connectivity index (χ1n) is 4.42. The Morgan fingerprint density at radius 1 is 1.33 bits per heavy atom. The van der Waals surface area contributed by atoms with E-state index in [0.717, 1.165) is 5.39 Å². The molecule has 0 spiro atoms. The maximum absolute atomic E-state index is 11.4. The van der Waals surface area contributed by atoms with Gasteiger partial charge in [-0.15, -0.1) is 0 Å². The Hall–Kier alpha value is -2.10. The zero-order valence-corrected chi connectivity index (χ0v) is 8.11. The van der Waals surface area contributed by atoms with Gasteiger partial charge in [-0.25, -0.2) is 4.79 Å². The van der Waals surface area contributed by atoms with Gasteiger partial charge in [-0.3, -0.25) is 4.79 Å². The van der Waals surface area contributed by atoms with Crippen LogP contribution in [0.15, 0.2) is 35.3 Å². The van der Waals surface area contributed by atoms with Crippen LogP contribution in [0.2, 0.25) is 0 Å². The standard InChI is InChI=1S/C11H9NO3/c1-15-11(14)8-2-3-9-7(6-8)4-5-12-10(9)13/h2-6H,1H3,(H,12,13). The number of hydrogen-bond donors (Lipinski definition) is 1. The number of carbonyl (C=O) groups excluding carboxylic acids is 1. The number of hydrogen-bond acceptors (Lipinski definition) is 3. The molecule has 2 rings (SSSR count). The summed E-state index contributed by atoms with van der Waals surface area (Å²) in [5.74, 6) is -0.405. The van der Waals surface area contributed by atoms with Gasteiger partial charge in [0.15, 0.2) is 0 Å². The number of fused-ring (bicyclic) bond motifs is 1. The number of benzene rings is 1. The molecule has 0 bridgehead atoms. The SMILES string of the molecule is COC(=O)c1ccc2c(=O)[nH]ccc2c1. The van der Waals surface area contributed by atoms with Crippen molar-refractivity contribution in [3.8, 4) is 0 Å². The van der Waals surface area contributed by atoms with Crippen LogP contribution in [0.1, 0.15) is 10.4 Å². The predicted molar refractivity (Wildman–Crippen MR) is 55.9 cm³/mol. The minimum Gasteiger partial charge on any atom is -0.465 e. The molecule has 1 N–H and O–H groups in total. The molecule has 2 aromatic rings. The molecule has 76 valence electrons. The third-order valence-corrected chi connectivity index (χ3v) is 2.19. The van der Waals surface area contributed by atoms with E-state index < -0.39 is 5.97 Å². The summed E-state index contributed by atoms with van der Waals surface area (Å²) in [4.78, 5) is 25.2. The van der Waals surface area contributed by atoms with E-state index in [-0.39, 0.29) is 5.56 Å². The van der Waals surface area contributed by atoms with Crippen LogP contribution in [0.25, 0.3) is 10.8 Å². The zero-order valence-electron chi connectivity index (χ0n) is 8.11. The van der Waals surface area contributed by atoms with Gasteiger partial charge >= 0.3 is 5.97 Å². The second kappa shape index (κ2) is 3.57. The van der Waals surface area contributed by atoms with Crippen molar-refractivity contribution >= 4 is 16.7 Å². The van der Waals surface area contributed by atoms with Gasteiger partial charge in [0.2, 0.25) is 0 Å². The lowest BCUT2D eigenvalue weighted by Gasteiger charge is -2.00. The summed E-state index contributed by atoms with van der Waals surface area (Å²) in [6.07, 6.45) is 1.55. The van der Waals surface area contributed by atoms with E-state index >= 15 is 0 Å². The number of methoxy groups -OCH3 is 1. The molecule has 0 aliphatic rings. The smallest absolute Gasteiger partial charge is 0.337 e. The quantitative estimate of drug-likeness (QED) is 0.711. The molecular weight excluding hydrogens is 194 g/mol. The summed E-state index contributed by atoms with van der Waals surface area (Å²) in [6, 6.07) is 6.56. The number of pyridine rings is 1. The zero-order chi connectivity index (χ0) is 10.8. The molecule has 0 amide bonds. The minimum absolute atomic E-state index is 0.163.